The van der Waals surface area contributed by atoms with E-state index in [2.05, 4.69) is 254 Å². The molecule has 0 radical (unpaired) electrons. The van der Waals surface area contributed by atoms with Crippen LogP contribution in [0.2, 0.25) is 0 Å². The highest BCUT2D eigenvalue weighted by molar-refractivity contribution is 7.21. The molecule has 0 fully saturated rings. The number of hydrogen-bond acceptors (Lipinski definition) is 4. The van der Waals surface area contributed by atoms with Crippen molar-refractivity contribution in [2.45, 2.75) is 10.8 Å². The number of hydrogen-bond donors (Lipinski definition) is 0. The van der Waals surface area contributed by atoms with E-state index in [1.54, 1.807) is 11.3 Å². The van der Waals surface area contributed by atoms with E-state index < -0.39 is 10.8 Å². The molecule has 0 atom stereocenters. The van der Waals surface area contributed by atoms with Crippen molar-refractivity contribution in [1.29, 1.82) is 5.26 Å². The second kappa shape index (κ2) is 19.6. The maximum absolute atomic E-state index is 9.80. The lowest BCUT2D eigenvalue weighted by Crippen LogP contribution is -2.28. The van der Waals surface area contributed by atoms with Crippen LogP contribution in [0, 0.1) is 17.9 Å². The molecular weight excluding hydrogens is 1070 g/mol. The zero-order chi connectivity index (χ0) is 57.8. The summed E-state index contributed by atoms with van der Waals surface area (Å²) in [6.45, 7) is 7.71. The number of benzene rings is 13. The van der Waals surface area contributed by atoms with Crippen molar-refractivity contribution in [1.82, 2.24) is 9.97 Å². The summed E-state index contributed by atoms with van der Waals surface area (Å²) in [6.07, 6.45) is 0. The largest absolute Gasteiger partial charge is 0.242 e. The predicted molar refractivity (Wildman–Crippen MR) is 357 cm³/mol. The minimum Gasteiger partial charge on any atom is -0.242 e. The van der Waals surface area contributed by atoms with Gasteiger partial charge in [0.05, 0.1) is 49.8 Å². The molecule has 0 N–H and O–H groups in total. The summed E-state index contributed by atoms with van der Waals surface area (Å²) in [5, 5.41) is 13.9. The third-order valence-electron chi connectivity index (χ3n) is 18.5. The lowest BCUT2D eigenvalue weighted by Gasteiger charge is -2.34. The van der Waals surface area contributed by atoms with Crippen LogP contribution >= 0.6 is 11.3 Å². The zero-order valence-electron chi connectivity index (χ0n) is 46.9. The monoisotopic (exact) mass is 1120 g/mol. The molecule has 0 saturated heterocycles. The van der Waals surface area contributed by atoms with Gasteiger partial charge in [-0.25, -0.2) is 14.8 Å². The molecule has 402 valence electrons. The second-order valence-electron chi connectivity index (χ2n) is 22.8. The van der Waals surface area contributed by atoms with E-state index in [-0.39, 0.29) is 0 Å². The maximum Gasteiger partial charge on any atom is 0.187 e. The van der Waals surface area contributed by atoms with Crippen LogP contribution in [0.25, 0.3) is 114 Å². The van der Waals surface area contributed by atoms with Crippen molar-refractivity contribution in [2.24, 2.45) is 0 Å². The quantitative estimate of drug-likeness (QED) is 0.113. The summed E-state index contributed by atoms with van der Waals surface area (Å²) in [5.74, 6) is 0. The minimum atomic E-state index is -0.619. The van der Waals surface area contributed by atoms with E-state index in [9.17, 15) is 5.26 Å². The Morgan fingerprint density at radius 2 is 0.690 bits per heavy atom. The molecule has 4 nitrogen and oxygen atoms in total. The Morgan fingerprint density at radius 3 is 1.09 bits per heavy atom. The van der Waals surface area contributed by atoms with Gasteiger partial charge in [-0.15, -0.1) is 11.3 Å². The first-order valence-corrected chi connectivity index (χ1v) is 30.2. The molecule has 0 spiro atoms. The van der Waals surface area contributed by atoms with E-state index >= 15 is 0 Å². The Hall–Kier alpha value is -11.3. The van der Waals surface area contributed by atoms with Gasteiger partial charge in [0.15, 0.2) is 5.69 Å². The molecule has 0 bridgehead atoms. The number of rotatable bonds is 8. The van der Waals surface area contributed by atoms with Gasteiger partial charge < -0.3 is 0 Å². The summed E-state index contributed by atoms with van der Waals surface area (Å²) in [5.41, 5.74) is 24.1. The topological polar surface area (TPSA) is 53.9 Å². The molecule has 0 unspecified atom stereocenters. The molecule has 5 heteroatoms. The van der Waals surface area contributed by atoms with Crippen LogP contribution in [0.5, 0.6) is 0 Å². The van der Waals surface area contributed by atoms with Gasteiger partial charge in [0.25, 0.3) is 0 Å². The average Bonchev–Trinajstić information content (AvgIpc) is 1.69. The second-order valence-corrected chi connectivity index (χ2v) is 23.8. The van der Waals surface area contributed by atoms with Crippen molar-refractivity contribution < 1.29 is 0 Å². The van der Waals surface area contributed by atoms with Crippen LogP contribution in [0.1, 0.15) is 50.1 Å². The molecule has 2 aliphatic carbocycles. The van der Waals surface area contributed by atoms with Crippen LogP contribution in [-0.2, 0) is 10.8 Å². The average molecular weight is 1120 g/mol. The van der Waals surface area contributed by atoms with Gasteiger partial charge in [0.1, 0.15) is 11.0 Å². The van der Waals surface area contributed by atoms with E-state index in [0.29, 0.717) is 11.3 Å². The summed E-state index contributed by atoms with van der Waals surface area (Å²) in [6, 6.07) is 107. The molecule has 15 aromatic rings. The Labute approximate surface area is 507 Å². The molecule has 0 amide bonds. The number of thiophene rings is 1. The van der Waals surface area contributed by atoms with E-state index in [0.717, 1.165) is 86.7 Å². The summed E-state index contributed by atoms with van der Waals surface area (Å²) < 4.78 is 0. The molecule has 2 heterocycles. The molecule has 2 aliphatic rings. The van der Waals surface area contributed by atoms with Crippen molar-refractivity contribution in [3.63, 3.8) is 0 Å². The molecular formula is C82H48N4S. The molecule has 87 heavy (non-hydrogen) atoms. The first kappa shape index (κ1) is 50.2. The van der Waals surface area contributed by atoms with Gasteiger partial charge in [-0.3, -0.25) is 0 Å². The zero-order valence-corrected chi connectivity index (χ0v) is 47.7. The summed E-state index contributed by atoms with van der Waals surface area (Å²) >= 11 is 1.80. The van der Waals surface area contributed by atoms with E-state index in [1.807, 2.05) is 48.5 Å². The molecule has 0 saturated carbocycles. The highest BCUT2D eigenvalue weighted by atomic mass is 32.1. The van der Waals surface area contributed by atoms with Crippen molar-refractivity contribution in [3.05, 3.63) is 353 Å². The van der Waals surface area contributed by atoms with E-state index in [1.165, 1.54) is 66.8 Å². The predicted octanol–water partition coefficient (Wildman–Crippen LogP) is 21.0. The molecule has 13 aromatic carbocycles. The molecule has 17 rings (SSSR count). The van der Waals surface area contributed by atoms with Crippen molar-refractivity contribution in [3.8, 4) is 71.5 Å². The van der Waals surface area contributed by atoms with Crippen LogP contribution in [0.15, 0.2) is 291 Å². The third-order valence-corrected chi connectivity index (χ3v) is 19.7. The number of fused-ring (bicyclic) bond motifs is 13. The molecule has 0 aliphatic heterocycles. The van der Waals surface area contributed by atoms with Crippen molar-refractivity contribution in [2.75, 3.05) is 0 Å². The van der Waals surface area contributed by atoms with Gasteiger partial charge in [-0.05, 0) is 124 Å². The fourth-order valence-electron chi connectivity index (χ4n) is 14.8. The summed E-state index contributed by atoms with van der Waals surface area (Å²) in [7, 11) is 0. The van der Waals surface area contributed by atoms with Crippen LogP contribution < -0.4 is 0 Å². The normalized spacial score (nSPS) is 13.2. The first-order valence-electron chi connectivity index (χ1n) is 29.4. The van der Waals surface area contributed by atoms with Crippen LogP contribution in [-0.4, -0.2) is 9.97 Å². The standard InChI is InChI=1S/C82H48N4S/c1-84-60-44-40-53(41-45-60)55-43-47-62-61-46-42-54(52-38-36-51(50-83)37-39-52)48-67(61)75-76(68(62)49-55)86-78-77(85-75)79(65-30-18-34-71-73(65)63-28-14-16-32-69(63)81(71,56-20-6-2-7-21-56)57-22-8-3-9-23-57)87-80(78)66-31-19-35-72-74(66)64-29-15-17-33-70(64)82(72,58-24-10-4-11-25-58)59-26-12-5-13-27-59/h2-49H. The number of nitrogens with zero attached hydrogens (tertiary/aromatic N) is 4. The Kier molecular flexibility index (Phi) is 11.3. The minimum absolute atomic E-state index is 0.598. The highest BCUT2D eigenvalue weighted by Gasteiger charge is 2.49. The maximum atomic E-state index is 9.80. The van der Waals surface area contributed by atoms with Gasteiger partial charge >= 0.3 is 0 Å². The fraction of sp³-hybridized carbons (Fsp3) is 0.0244. The van der Waals surface area contributed by atoms with E-state index in [4.69, 9.17) is 16.5 Å². The smallest absolute Gasteiger partial charge is 0.187 e. The number of nitriles is 1. The Bertz CT molecular complexity index is 4970. The number of aromatic nitrogens is 2. The highest BCUT2D eigenvalue weighted by Crippen LogP contribution is 2.62. The Balaban J connectivity index is 1.02. The van der Waals surface area contributed by atoms with Gasteiger partial charge in [0.2, 0.25) is 0 Å². The van der Waals surface area contributed by atoms with Crippen molar-refractivity contribution >= 4 is 60.6 Å². The molecule has 2 aromatic heterocycles. The lowest BCUT2D eigenvalue weighted by molar-refractivity contribution is 0.768. The Morgan fingerprint density at radius 1 is 0.333 bits per heavy atom. The summed E-state index contributed by atoms with van der Waals surface area (Å²) in [4.78, 5) is 18.1. The fourth-order valence-corrected chi connectivity index (χ4v) is 16.1. The van der Waals surface area contributed by atoms with Crippen LogP contribution in [0.4, 0.5) is 5.69 Å². The SMILES string of the molecule is [C-]#[N+]c1ccc(-c2ccc3c4ccc(-c5ccc(C#N)cc5)cc4c4nc5c(-c6cccc7c6-c6ccccc6C7(c6ccccc6)c6ccccc6)sc(-c6cccc7c6-c6ccccc6C7(c6ccccc6)c6ccccc6)c5nc4c3c2)cc1. The lowest BCUT2D eigenvalue weighted by atomic mass is 9.67. The van der Waals surface area contributed by atoms with Crippen LogP contribution in [0.3, 0.4) is 0 Å². The third kappa shape index (κ3) is 7.28. The van der Waals surface area contributed by atoms with Gasteiger partial charge in [0, 0.05) is 21.9 Å². The first-order chi connectivity index (χ1) is 43.1. The van der Waals surface area contributed by atoms with Gasteiger partial charge in [-0.1, -0.05) is 267 Å². The van der Waals surface area contributed by atoms with Gasteiger partial charge in [-0.2, -0.15) is 5.26 Å².